The highest BCUT2D eigenvalue weighted by molar-refractivity contribution is 6.30. The van der Waals surface area contributed by atoms with Crippen molar-refractivity contribution in [2.24, 2.45) is 5.92 Å². The van der Waals surface area contributed by atoms with Crippen LogP contribution in [0, 0.1) is 5.92 Å². The second kappa shape index (κ2) is 8.99. The van der Waals surface area contributed by atoms with Gasteiger partial charge in [0, 0.05) is 41.7 Å². The maximum atomic E-state index is 12.4. The van der Waals surface area contributed by atoms with Gasteiger partial charge in [0.05, 0.1) is 6.10 Å². The van der Waals surface area contributed by atoms with Gasteiger partial charge in [-0.05, 0) is 48.5 Å². The summed E-state index contributed by atoms with van der Waals surface area (Å²) in [6.45, 7) is 1.52. The molecule has 2 aromatic carbocycles. The summed E-state index contributed by atoms with van der Waals surface area (Å²) in [5, 5.41) is 16.1. The van der Waals surface area contributed by atoms with Crippen molar-refractivity contribution in [3.05, 3.63) is 64.7 Å². The van der Waals surface area contributed by atoms with E-state index < -0.39 is 6.10 Å². The number of β-amino-alcohol motifs (C(OH)–C–C–N with tert-alkyl or cyclic N) is 1. The number of hydrogen-bond donors (Lipinski definition) is 3. The lowest BCUT2D eigenvalue weighted by atomic mass is 10.0. The quantitative estimate of drug-likeness (QED) is 0.628. The predicted octanol–water partition coefficient (Wildman–Crippen LogP) is 1.65. The van der Waals surface area contributed by atoms with Crippen LogP contribution in [-0.2, 0) is 4.79 Å². The van der Waals surface area contributed by atoms with E-state index in [1.165, 1.54) is 0 Å². The van der Waals surface area contributed by atoms with Crippen LogP contribution >= 0.6 is 11.6 Å². The molecule has 7 heteroatoms. The van der Waals surface area contributed by atoms with Gasteiger partial charge in [0.2, 0.25) is 0 Å². The normalized spacial score (nSPS) is 18.9. The first-order chi connectivity index (χ1) is 13.0. The zero-order valence-electron chi connectivity index (χ0n) is 14.7. The zero-order chi connectivity index (χ0) is 19.2. The molecular formula is C20H21ClN2O4. The van der Waals surface area contributed by atoms with Crippen LogP contribution in [0.15, 0.2) is 48.5 Å². The van der Waals surface area contributed by atoms with E-state index in [2.05, 4.69) is 10.6 Å². The van der Waals surface area contributed by atoms with Gasteiger partial charge in [0.1, 0.15) is 5.75 Å². The van der Waals surface area contributed by atoms with Crippen LogP contribution in [0.2, 0.25) is 5.02 Å². The fourth-order valence-corrected chi connectivity index (χ4v) is 2.97. The summed E-state index contributed by atoms with van der Waals surface area (Å²) in [6, 6.07) is 13.3. The third kappa shape index (κ3) is 5.29. The highest BCUT2D eigenvalue weighted by Crippen LogP contribution is 2.17. The van der Waals surface area contributed by atoms with E-state index in [1.807, 2.05) is 0 Å². The zero-order valence-corrected chi connectivity index (χ0v) is 15.4. The van der Waals surface area contributed by atoms with Crippen molar-refractivity contribution in [1.82, 2.24) is 10.6 Å². The first-order valence-corrected chi connectivity index (χ1v) is 9.09. The topological polar surface area (TPSA) is 87.7 Å². The van der Waals surface area contributed by atoms with Crippen LogP contribution in [0.5, 0.6) is 5.75 Å². The van der Waals surface area contributed by atoms with E-state index in [4.69, 9.17) is 16.3 Å². The molecule has 0 bridgehead atoms. The van der Waals surface area contributed by atoms with Gasteiger partial charge < -0.3 is 20.5 Å². The molecule has 3 N–H and O–H groups in total. The predicted molar refractivity (Wildman–Crippen MR) is 102 cm³/mol. The molecule has 6 nitrogen and oxygen atoms in total. The van der Waals surface area contributed by atoms with Crippen LogP contribution in [-0.4, -0.2) is 49.1 Å². The number of rotatable bonds is 7. The van der Waals surface area contributed by atoms with Crippen molar-refractivity contribution in [3.63, 3.8) is 0 Å². The van der Waals surface area contributed by atoms with E-state index in [9.17, 15) is 14.7 Å². The Bertz CT molecular complexity index is 793. The van der Waals surface area contributed by atoms with Crippen molar-refractivity contribution in [3.8, 4) is 5.75 Å². The lowest BCUT2D eigenvalue weighted by molar-refractivity contribution is -0.123. The molecule has 142 valence electrons. The van der Waals surface area contributed by atoms with Crippen LogP contribution in [0.3, 0.4) is 0 Å². The fraction of sp³-hybridized carbons (Fsp3) is 0.300. The lowest BCUT2D eigenvalue weighted by Crippen LogP contribution is -2.36. The minimum Gasteiger partial charge on any atom is -0.484 e. The molecule has 2 unspecified atom stereocenters. The number of aliphatic hydroxyl groups excluding tert-OH is 1. The molecule has 0 spiro atoms. The van der Waals surface area contributed by atoms with Gasteiger partial charge in [-0.15, -0.1) is 0 Å². The van der Waals surface area contributed by atoms with Gasteiger partial charge in [-0.1, -0.05) is 11.6 Å². The Morgan fingerprint density at radius 2 is 1.70 bits per heavy atom. The number of ether oxygens (including phenoxy) is 1. The number of aliphatic hydroxyl groups is 1. The van der Waals surface area contributed by atoms with E-state index in [0.717, 1.165) is 0 Å². The highest BCUT2D eigenvalue weighted by atomic mass is 35.5. The van der Waals surface area contributed by atoms with Gasteiger partial charge >= 0.3 is 0 Å². The highest BCUT2D eigenvalue weighted by Gasteiger charge is 2.24. The largest absolute Gasteiger partial charge is 0.484 e. The Hall–Kier alpha value is -2.41. The number of amides is 1. The van der Waals surface area contributed by atoms with Crippen molar-refractivity contribution < 1.29 is 19.4 Å². The fourth-order valence-electron chi connectivity index (χ4n) is 2.84. The number of halogens is 1. The summed E-state index contributed by atoms with van der Waals surface area (Å²) in [4.78, 5) is 24.3. The van der Waals surface area contributed by atoms with Crippen molar-refractivity contribution in [2.45, 2.75) is 6.10 Å². The van der Waals surface area contributed by atoms with Gasteiger partial charge in [-0.25, -0.2) is 0 Å². The molecule has 0 aliphatic carbocycles. The molecule has 1 saturated heterocycles. The van der Waals surface area contributed by atoms with Gasteiger partial charge in [-0.2, -0.15) is 0 Å². The standard InChI is InChI=1S/C20H21ClN2O4/c21-16-5-1-13(2-6-16)20(26)14-3-7-17(8-4-14)27-12-19(25)23-10-15-9-22-11-18(15)24/h1-8,15,18,22,24H,9-12H2,(H,23,25). The Labute approximate surface area is 162 Å². The molecule has 0 saturated carbocycles. The maximum absolute atomic E-state index is 12.4. The van der Waals surface area contributed by atoms with Gasteiger partial charge in [0.15, 0.2) is 12.4 Å². The van der Waals surface area contributed by atoms with E-state index in [-0.39, 0.29) is 24.2 Å². The monoisotopic (exact) mass is 388 g/mol. The molecule has 3 rings (SSSR count). The summed E-state index contributed by atoms with van der Waals surface area (Å²) >= 11 is 5.83. The number of carbonyl (C=O) groups is 2. The molecular weight excluding hydrogens is 368 g/mol. The minimum atomic E-state index is -0.433. The molecule has 2 aromatic rings. The number of hydrogen-bond acceptors (Lipinski definition) is 5. The molecule has 2 atom stereocenters. The third-order valence-electron chi connectivity index (χ3n) is 4.46. The molecule has 1 heterocycles. The van der Waals surface area contributed by atoms with Gasteiger partial charge in [0.25, 0.3) is 5.91 Å². The summed E-state index contributed by atoms with van der Waals surface area (Å²) in [5.74, 6) is 0.155. The van der Waals surface area contributed by atoms with E-state index in [1.54, 1.807) is 48.5 Å². The van der Waals surface area contributed by atoms with Crippen LogP contribution < -0.4 is 15.4 Å². The van der Waals surface area contributed by atoms with Crippen molar-refractivity contribution in [1.29, 1.82) is 0 Å². The summed E-state index contributed by atoms with van der Waals surface area (Å²) < 4.78 is 5.45. The van der Waals surface area contributed by atoms with Gasteiger partial charge in [-0.3, -0.25) is 9.59 Å². The van der Waals surface area contributed by atoms with E-state index in [0.29, 0.717) is 41.5 Å². The summed E-state index contributed by atoms with van der Waals surface area (Å²) in [7, 11) is 0. The molecule has 0 radical (unpaired) electrons. The maximum Gasteiger partial charge on any atom is 0.257 e. The molecule has 1 amide bonds. The molecule has 1 aliphatic rings. The molecule has 0 aromatic heterocycles. The Balaban J connectivity index is 1.48. The number of benzene rings is 2. The average Bonchev–Trinajstić information content (AvgIpc) is 3.10. The number of ketones is 1. The summed E-state index contributed by atoms with van der Waals surface area (Å²) in [5.41, 5.74) is 1.08. The Morgan fingerprint density at radius 3 is 2.30 bits per heavy atom. The SMILES string of the molecule is O=C(COc1ccc(C(=O)c2ccc(Cl)cc2)cc1)NCC1CNCC1O. The molecule has 1 fully saturated rings. The number of nitrogens with one attached hydrogen (secondary N) is 2. The minimum absolute atomic E-state index is 0.0205. The third-order valence-corrected chi connectivity index (χ3v) is 4.71. The Morgan fingerprint density at radius 1 is 1.07 bits per heavy atom. The first-order valence-electron chi connectivity index (χ1n) is 8.71. The number of carbonyl (C=O) groups excluding carboxylic acids is 2. The Kier molecular flexibility index (Phi) is 6.45. The van der Waals surface area contributed by atoms with E-state index >= 15 is 0 Å². The van der Waals surface area contributed by atoms with Crippen molar-refractivity contribution >= 4 is 23.3 Å². The van der Waals surface area contributed by atoms with Crippen LogP contribution in [0.25, 0.3) is 0 Å². The second-order valence-corrected chi connectivity index (χ2v) is 6.88. The average molecular weight is 389 g/mol. The summed E-state index contributed by atoms with van der Waals surface area (Å²) in [6.07, 6.45) is -0.433. The smallest absolute Gasteiger partial charge is 0.257 e. The van der Waals surface area contributed by atoms with Crippen LogP contribution in [0.1, 0.15) is 15.9 Å². The van der Waals surface area contributed by atoms with Crippen molar-refractivity contribution in [2.75, 3.05) is 26.2 Å². The molecule has 1 aliphatic heterocycles. The lowest BCUT2D eigenvalue weighted by Gasteiger charge is -2.14. The van der Waals surface area contributed by atoms with Crippen LogP contribution in [0.4, 0.5) is 0 Å². The first kappa shape index (κ1) is 19.4. The second-order valence-electron chi connectivity index (χ2n) is 6.44. The molecule has 27 heavy (non-hydrogen) atoms.